The number of aliphatic hydroxyl groups is 2. The van der Waals surface area contributed by atoms with Gasteiger partial charge in [0.1, 0.15) is 23.8 Å². The van der Waals surface area contributed by atoms with Crippen molar-refractivity contribution in [2.24, 2.45) is 50.3 Å². The molecule has 2 unspecified atom stereocenters. The second-order valence-electron chi connectivity index (χ2n) is 22.5. The molecule has 5 fully saturated rings. The lowest BCUT2D eigenvalue weighted by atomic mass is 9.34. The van der Waals surface area contributed by atoms with Gasteiger partial charge in [0.15, 0.2) is 11.8 Å². The van der Waals surface area contributed by atoms with E-state index in [1.807, 2.05) is 27.1 Å². The smallest absolute Gasteiger partial charge is 0.160 e. The van der Waals surface area contributed by atoms with E-state index in [9.17, 15) is 19.8 Å². The molecule has 9 nitrogen and oxygen atoms in total. The average Bonchev–Trinajstić information content (AvgIpc) is 3.49. The molecule has 61 heavy (non-hydrogen) atoms. The van der Waals surface area contributed by atoms with Gasteiger partial charge in [0.2, 0.25) is 0 Å². The van der Waals surface area contributed by atoms with E-state index in [0.717, 1.165) is 81.6 Å². The van der Waals surface area contributed by atoms with Crippen LogP contribution in [0, 0.1) is 52.3 Å². The Hall–Kier alpha value is -2.79. The van der Waals surface area contributed by atoms with Gasteiger partial charge >= 0.3 is 0 Å². The number of allylic oxidation sites excluding steroid dienone is 1. The molecule has 13 atom stereocenters. The van der Waals surface area contributed by atoms with Crippen LogP contribution in [0.4, 0.5) is 0 Å². The van der Waals surface area contributed by atoms with Crippen molar-refractivity contribution in [2.45, 2.75) is 155 Å². The first kappa shape index (κ1) is 43.5. The number of hydrogen-bond acceptors (Lipinski definition) is 8. The molecule has 4 aliphatic heterocycles. The first-order valence-electron chi connectivity index (χ1n) is 23.8. The minimum absolute atomic E-state index is 0.0445. The van der Waals surface area contributed by atoms with E-state index in [1.54, 1.807) is 0 Å². The minimum atomic E-state index is -0.708. The fourth-order valence-corrected chi connectivity index (χ4v) is 15.3. The predicted octanol–water partition coefficient (Wildman–Crippen LogP) is 6.40. The van der Waals surface area contributed by atoms with E-state index in [1.165, 1.54) is 27.2 Å². The van der Waals surface area contributed by atoms with Gasteiger partial charge in [-0.15, -0.1) is 0 Å². The Kier molecular flexibility index (Phi) is 11.0. The molecule has 4 N–H and O–H groups in total. The molecule has 4 aliphatic carbocycles. The van der Waals surface area contributed by atoms with Crippen LogP contribution >= 0.6 is 0 Å². The van der Waals surface area contributed by atoms with Crippen molar-refractivity contribution < 1.29 is 34.2 Å². The van der Waals surface area contributed by atoms with Crippen LogP contribution in [0.1, 0.15) is 129 Å². The number of aliphatic imine (C=N–C) groups is 1. The van der Waals surface area contributed by atoms with Gasteiger partial charge in [-0.1, -0.05) is 58.4 Å². The maximum absolute atomic E-state index is 14.9. The SMILES string of the molecule is CNCC[C@]1(C)C(=O)CC[C@@]2(C)[C@H]1CC[C@@]1(C)[C@H]2[C@H](O)[C@H](C[NH+]2C=C(Cc3cc(C)cc(C4CCOCC4)c3)C3=NC=CC32)C2=C([C@H](C)C[C@@H](O)[C@@H]3OC3(C)C)C(=O)C[C@]21C. The standard InChI is InChI=1S/C52H73N3O6/c1-30-22-32(25-34(23-30)33-13-20-60-21-14-33)26-35-28-55(37-12-18-54-44(35)37)29-36-43-42(31(2)24-38(56)47-48(3,4)61-47)39(57)27-52(43,8)51(7)16-10-40-49(5,17-19-53-9)41(58)11-15-50(40,6)46(51)45(36)59/h12,18,22-23,25,28,31,33,36-38,40,45-47,53,56,59H,10-11,13-17,19-21,24,26-27,29H2,1-9H3/p+1/t31-,36-,37?,38-,40+,45-,46+,47+,49+,50+,51+,52-/m1/s1. The Morgan fingerprint density at radius 2 is 1.77 bits per heavy atom. The molecule has 3 saturated carbocycles. The van der Waals surface area contributed by atoms with Crippen LogP contribution in [0.2, 0.25) is 0 Å². The van der Waals surface area contributed by atoms with Gasteiger partial charge in [-0.25, -0.2) is 0 Å². The van der Waals surface area contributed by atoms with Crippen molar-refractivity contribution in [3.8, 4) is 0 Å². The molecule has 9 rings (SSSR count). The first-order valence-corrected chi connectivity index (χ1v) is 23.8. The molecule has 0 amide bonds. The van der Waals surface area contributed by atoms with Crippen molar-refractivity contribution in [3.05, 3.63) is 70.1 Å². The molecule has 4 heterocycles. The third kappa shape index (κ3) is 6.88. The predicted molar refractivity (Wildman–Crippen MR) is 238 cm³/mol. The number of carbonyl (C=O) groups excluding carboxylic acids is 2. The number of hydrogen-bond donors (Lipinski definition) is 4. The van der Waals surface area contributed by atoms with Crippen LogP contribution in [0.15, 0.2) is 58.4 Å². The van der Waals surface area contributed by atoms with Gasteiger partial charge in [-0.05, 0) is 142 Å². The topological polar surface area (TPSA) is 125 Å². The molecular weight excluding hydrogens is 763 g/mol. The third-order valence-corrected chi connectivity index (χ3v) is 18.5. The van der Waals surface area contributed by atoms with Gasteiger partial charge in [-0.3, -0.25) is 19.5 Å². The average molecular weight is 837 g/mol. The van der Waals surface area contributed by atoms with Gasteiger partial charge in [-0.2, -0.15) is 0 Å². The number of nitrogens with one attached hydrogen (secondary N) is 2. The number of ketones is 2. The monoisotopic (exact) mass is 837 g/mol. The summed E-state index contributed by atoms with van der Waals surface area (Å²) in [5.74, 6) is 0.637. The number of quaternary nitrogens is 1. The lowest BCUT2D eigenvalue weighted by Crippen LogP contribution is -3.11. The van der Waals surface area contributed by atoms with Gasteiger partial charge in [0, 0.05) is 55.1 Å². The van der Waals surface area contributed by atoms with E-state index < -0.39 is 23.0 Å². The Bertz CT molecular complexity index is 2080. The number of benzene rings is 1. The molecule has 1 aromatic rings. The van der Waals surface area contributed by atoms with Gasteiger partial charge in [0.25, 0.3) is 0 Å². The van der Waals surface area contributed by atoms with E-state index in [0.29, 0.717) is 37.5 Å². The minimum Gasteiger partial charge on any atom is -0.392 e. The summed E-state index contributed by atoms with van der Waals surface area (Å²) in [4.78, 5) is 35.1. The van der Waals surface area contributed by atoms with Crippen molar-refractivity contribution in [2.75, 3.05) is 33.4 Å². The highest BCUT2D eigenvalue weighted by molar-refractivity contribution is 6.07. The van der Waals surface area contributed by atoms with E-state index in [4.69, 9.17) is 14.5 Å². The Balaban J connectivity index is 1.11. The maximum atomic E-state index is 14.9. The Morgan fingerprint density at radius 1 is 1.03 bits per heavy atom. The molecule has 1 aromatic carbocycles. The summed E-state index contributed by atoms with van der Waals surface area (Å²) in [6.45, 7) is 20.7. The van der Waals surface area contributed by atoms with E-state index in [2.05, 4.69) is 77.3 Å². The second kappa shape index (κ2) is 15.4. The zero-order chi connectivity index (χ0) is 43.4. The highest BCUT2D eigenvalue weighted by atomic mass is 16.6. The normalized spacial score (nSPS) is 41.2. The van der Waals surface area contributed by atoms with Crippen molar-refractivity contribution in [1.29, 1.82) is 0 Å². The van der Waals surface area contributed by atoms with Crippen LogP contribution in [-0.4, -0.2) is 90.8 Å². The fourth-order valence-electron chi connectivity index (χ4n) is 15.3. The van der Waals surface area contributed by atoms with Gasteiger partial charge in [0.05, 0.1) is 30.3 Å². The number of Topliss-reactive ketones (excluding diaryl/α,β-unsaturated/α-hetero) is 2. The first-order chi connectivity index (χ1) is 28.9. The summed E-state index contributed by atoms with van der Waals surface area (Å²) >= 11 is 0. The number of ether oxygens (including phenoxy) is 2. The van der Waals surface area contributed by atoms with Crippen LogP contribution in [0.3, 0.4) is 0 Å². The number of fused-ring (bicyclic) bond motifs is 6. The second-order valence-corrected chi connectivity index (χ2v) is 22.5. The fraction of sp³-hybridized carbons (Fsp3) is 0.712. The quantitative estimate of drug-likeness (QED) is 0.180. The molecule has 2 saturated heterocycles. The van der Waals surface area contributed by atoms with Crippen molar-refractivity contribution >= 4 is 17.3 Å². The summed E-state index contributed by atoms with van der Waals surface area (Å²) < 4.78 is 11.6. The van der Waals surface area contributed by atoms with E-state index >= 15 is 0 Å². The number of nitrogens with zero attached hydrogens (tertiary/aromatic N) is 1. The molecule has 332 valence electrons. The molecule has 0 radical (unpaired) electrons. The third-order valence-electron chi connectivity index (χ3n) is 18.5. The molecule has 0 bridgehead atoms. The summed E-state index contributed by atoms with van der Waals surface area (Å²) in [7, 11) is 1.97. The van der Waals surface area contributed by atoms with Crippen LogP contribution in [-0.2, 0) is 25.5 Å². The van der Waals surface area contributed by atoms with Crippen LogP contribution in [0.25, 0.3) is 0 Å². The molecule has 9 heteroatoms. The van der Waals surface area contributed by atoms with Crippen molar-refractivity contribution in [1.82, 2.24) is 5.32 Å². The molecular formula is C52H74N3O6+. The number of aryl methyl sites for hydroxylation is 1. The number of carbonyl (C=O) groups is 2. The largest absolute Gasteiger partial charge is 0.392 e. The highest BCUT2D eigenvalue weighted by Crippen LogP contribution is 2.75. The maximum Gasteiger partial charge on any atom is 0.160 e. The summed E-state index contributed by atoms with van der Waals surface area (Å²) in [6, 6.07) is 7.12. The van der Waals surface area contributed by atoms with Crippen LogP contribution < -0.4 is 10.2 Å². The summed E-state index contributed by atoms with van der Waals surface area (Å²) in [5.41, 5.74) is 6.36. The van der Waals surface area contributed by atoms with Gasteiger partial charge < -0.3 is 25.0 Å². The number of rotatable bonds is 12. The lowest BCUT2D eigenvalue weighted by Gasteiger charge is -2.70. The van der Waals surface area contributed by atoms with Crippen LogP contribution in [0.5, 0.6) is 0 Å². The number of epoxide rings is 1. The highest BCUT2D eigenvalue weighted by Gasteiger charge is 2.73. The van der Waals surface area contributed by atoms with Crippen molar-refractivity contribution in [3.63, 3.8) is 0 Å². The zero-order valence-electron chi connectivity index (χ0n) is 38.5. The molecule has 0 aromatic heterocycles. The van der Waals surface area contributed by atoms with E-state index in [-0.39, 0.29) is 58.0 Å². The molecule has 8 aliphatic rings. The summed E-state index contributed by atoms with van der Waals surface area (Å²) in [6.07, 6.45) is 12.6. The lowest BCUT2D eigenvalue weighted by molar-refractivity contribution is -0.856. The summed E-state index contributed by atoms with van der Waals surface area (Å²) in [5, 5.41) is 28.3. The Labute approximate surface area is 364 Å². The molecule has 0 spiro atoms. The zero-order valence-corrected chi connectivity index (χ0v) is 38.5. The number of aliphatic hydroxyl groups excluding tert-OH is 2. The Morgan fingerprint density at radius 3 is 2.48 bits per heavy atom.